The highest BCUT2D eigenvalue weighted by Gasteiger charge is 2.33. The van der Waals surface area contributed by atoms with E-state index in [1.807, 2.05) is 0 Å². The van der Waals surface area contributed by atoms with E-state index in [0.29, 0.717) is 12.1 Å². The van der Waals surface area contributed by atoms with Crippen molar-refractivity contribution in [3.8, 4) is 5.75 Å². The number of hydrogen-bond acceptors (Lipinski definition) is 2. The normalized spacial score (nSPS) is 16.9. The lowest BCUT2D eigenvalue weighted by atomic mass is 10.00. The summed E-state index contributed by atoms with van der Waals surface area (Å²) in [4.78, 5) is 0. The topological polar surface area (TPSA) is 21.3 Å². The Bertz CT molecular complexity index is 352. The fourth-order valence-corrected chi connectivity index (χ4v) is 2.52. The van der Waals surface area contributed by atoms with Crippen LogP contribution in [0.25, 0.3) is 0 Å². The lowest BCUT2D eigenvalue weighted by molar-refractivity contribution is 0.385. The van der Waals surface area contributed by atoms with Gasteiger partial charge >= 0.3 is 0 Å². The predicted molar refractivity (Wildman–Crippen MR) is 76.0 cm³/mol. The van der Waals surface area contributed by atoms with E-state index in [4.69, 9.17) is 4.74 Å². The number of ether oxygens (including phenoxy) is 1. The Morgan fingerprint density at radius 2 is 1.78 bits per heavy atom. The molecule has 0 spiro atoms. The van der Waals surface area contributed by atoms with Gasteiger partial charge in [0.05, 0.1) is 7.11 Å². The van der Waals surface area contributed by atoms with Crippen molar-refractivity contribution in [1.29, 1.82) is 0 Å². The summed E-state index contributed by atoms with van der Waals surface area (Å²) < 4.78 is 5.23. The van der Waals surface area contributed by atoms with Crippen LogP contribution in [0.5, 0.6) is 5.75 Å². The van der Waals surface area contributed by atoms with Crippen LogP contribution in [0.15, 0.2) is 24.3 Å². The van der Waals surface area contributed by atoms with Gasteiger partial charge in [-0.2, -0.15) is 0 Å². The van der Waals surface area contributed by atoms with E-state index in [0.717, 1.165) is 11.7 Å². The average Bonchev–Trinajstić information content (AvgIpc) is 3.25. The first-order valence-electron chi connectivity index (χ1n) is 7.18. The smallest absolute Gasteiger partial charge is 0.118 e. The molecule has 2 nitrogen and oxygen atoms in total. The van der Waals surface area contributed by atoms with E-state index in [-0.39, 0.29) is 0 Å². The van der Waals surface area contributed by atoms with Crippen molar-refractivity contribution in [2.24, 2.45) is 5.92 Å². The molecule has 18 heavy (non-hydrogen) atoms. The Labute approximate surface area is 111 Å². The van der Waals surface area contributed by atoms with E-state index < -0.39 is 0 Å². The van der Waals surface area contributed by atoms with Crippen LogP contribution in [0.2, 0.25) is 0 Å². The van der Waals surface area contributed by atoms with Crippen LogP contribution in [0.3, 0.4) is 0 Å². The molecule has 1 aromatic rings. The van der Waals surface area contributed by atoms with Gasteiger partial charge in [0.1, 0.15) is 5.75 Å². The summed E-state index contributed by atoms with van der Waals surface area (Å²) in [7, 11) is 1.72. The predicted octanol–water partition coefficient (Wildman–Crippen LogP) is 3.92. The maximum Gasteiger partial charge on any atom is 0.118 e. The number of nitrogens with one attached hydrogen (secondary N) is 1. The molecule has 0 heterocycles. The van der Waals surface area contributed by atoms with E-state index >= 15 is 0 Å². The quantitative estimate of drug-likeness (QED) is 0.788. The van der Waals surface area contributed by atoms with Crippen molar-refractivity contribution in [3.63, 3.8) is 0 Å². The van der Waals surface area contributed by atoms with Crippen LogP contribution in [0.1, 0.15) is 51.1 Å². The number of benzene rings is 1. The molecule has 2 heteroatoms. The summed E-state index contributed by atoms with van der Waals surface area (Å²) in [6, 6.07) is 9.71. The lowest BCUT2D eigenvalue weighted by Gasteiger charge is -2.25. The highest BCUT2D eigenvalue weighted by molar-refractivity contribution is 5.30. The molecule has 0 radical (unpaired) electrons. The Morgan fingerprint density at radius 3 is 2.22 bits per heavy atom. The Morgan fingerprint density at radius 1 is 1.17 bits per heavy atom. The molecule has 0 aliphatic heterocycles. The minimum absolute atomic E-state index is 0.529. The van der Waals surface area contributed by atoms with Crippen LogP contribution in [-0.2, 0) is 0 Å². The third-order valence-corrected chi connectivity index (χ3v) is 3.97. The molecule has 0 bridgehead atoms. The third kappa shape index (κ3) is 3.26. The molecule has 1 aromatic carbocycles. The standard InChI is InChI=1S/C16H25NO/c1-4-14(5-2)17-16(12-6-7-12)13-8-10-15(18-3)11-9-13/h8-12,14,16-17H,4-7H2,1-3H3. The molecule has 1 aliphatic rings. The monoisotopic (exact) mass is 247 g/mol. The zero-order valence-corrected chi connectivity index (χ0v) is 11.8. The molecule has 1 aliphatic carbocycles. The van der Waals surface area contributed by atoms with Crippen molar-refractivity contribution >= 4 is 0 Å². The number of hydrogen-bond donors (Lipinski definition) is 1. The van der Waals surface area contributed by atoms with E-state index in [1.165, 1.54) is 31.2 Å². The molecule has 1 unspecified atom stereocenters. The molecular weight excluding hydrogens is 222 g/mol. The largest absolute Gasteiger partial charge is 0.497 e. The average molecular weight is 247 g/mol. The van der Waals surface area contributed by atoms with Crippen LogP contribution in [-0.4, -0.2) is 13.2 Å². The summed E-state index contributed by atoms with van der Waals surface area (Å²) >= 11 is 0. The first-order valence-corrected chi connectivity index (χ1v) is 7.18. The van der Waals surface area contributed by atoms with Crippen LogP contribution < -0.4 is 10.1 Å². The van der Waals surface area contributed by atoms with Gasteiger partial charge in [0.2, 0.25) is 0 Å². The number of rotatable bonds is 7. The summed E-state index contributed by atoms with van der Waals surface area (Å²) in [6.07, 6.45) is 5.14. The Kier molecular flexibility index (Phi) is 4.65. The fraction of sp³-hybridized carbons (Fsp3) is 0.625. The Hall–Kier alpha value is -1.02. The fourth-order valence-electron chi connectivity index (χ4n) is 2.52. The van der Waals surface area contributed by atoms with Gasteiger partial charge in [0.15, 0.2) is 0 Å². The Balaban J connectivity index is 2.08. The molecule has 1 N–H and O–H groups in total. The van der Waals surface area contributed by atoms with E-state index in [1.54, 1.807) is 7.11 Å². The maximum atomic E-state index is 5.23. The van der Waals surface area contributed by atoms with Crippen LogP contribution in [0.4, 0.5) is 0 Å². The zero-order chi connectivity index (χ0) is 13.0. The minimum atomic E-state index is 0.529. The third-order valence-electron chi connectivity index (χ3n) is 3.97. The van der Waals surface area contributed by atoms with Gasteiger partial charge in [-0.3, -0.25) is 0 Å². The van der Waals surface area contributed by atoms with Crippen molar-refractivity contribution in [2.75, 3.05) is 7.11 Å². The zero-order valence-electron chi connectivity index (χ0n) is 11.8. The maximum absolute atomic E-state index is 5.23. The van der Waals surface area contributed by atoms with Gasteiger partial charge in [0, 0.05) is 12.1 Å². The molecule has 0 aromatic heterocycles. The van der Waals surface area contributed by atoms with Crippen molar-refractivity contribution in [1.82, 2.24) is 5.32 Å². The second-order valence-corrected chi connectivity index (χ2v) is 5.27. The summed E-state index contributed by atoms with van der Waals surface area (Å²) in [5, 5.41) is 3.83. The summed E-state index contributed by atoms with van der Waals surface area (Å²) in [5.74, 6) is 1.77. The highest BCUT2D eigenvalue weighted by Crippen LogP contribution is 2.41. The molecule has 1 atom stereocenters. The first-order chi connectivity index (χ1) is 8.78. The summed E-state index contributed by atoms with van der Waals surface area (Å²) in [6.45, 7) is 4.53. The van der Waals surface area contributed by atoms with Gasteiger partial charge < -0.3 is 10.1 Å². The molecular formula is C16H25NO. The first kappa shape index (κ1) is 13.4. The van der Waals surface area contributed by atoms with Gasteiger partial charge in [0.25, 0.3) is 0 Å². The minimum Gasteiger partial charge on any atom is -0.497 e. The van der Waals surface area contributed by atoms with Crippen molar-refractivity contribution in [3.05, 3.63) is 29.8 Å². The molecule has 0 saturated heterocycles. The van der Waals surface area contributed by atoms with Gasteiger partial charge in [-0.1, -0.05) is 26.0 Å². The van der Waals surface area contributed by atoms with Crippen molar-refractivity contribution < 1.29 is 4.74 Å². The molecule has 1 fully saturated rings. The molecule has 100 valence electrons. The summed E-state index contributed by atoms with van der Waals surface area (Å²) in [5.41, 5.74) is 1.41. The SMILES string of the molecule is CCC(CC)NC(c1ccc(OC)cc1)C1CC1. The van der Waals surface area contributed by atoms with E-state index in [2.05, 4.69) is 43.4 Å². The second kappa shape index (κ2) is 6.24. The van der Waals surface area contributed by atoms with Crippen molar-refractivity contribution in [2.45, 2.75) is 51.6 Å². The van der Waals surface area contributed by atoms with Gasteiger partial charge in [-0.05, 0) is 49.3 Å². The second-order valence-electron chi connectivity index (χ2n) is 5.27. The van der Waals surface area contributed by atoms with Crippen LogP contribution >= 0.6 is 0 Å². The van der Waals surface area contributed by atoms with Gasteiger partial charge in [-0.15, -0.1) is 0 Å². The molecule has 1 saturated carbocycles. The molecule has 0 amide bonds. The van der Waals surface area contributed by atoms with E-state index in [9.17, 15) is 0 Å². The highest BCUT2D eigenvalue weighted by atomic mass is 16.5. The lowest BCUT2D eigenvalue weighted by Crippen LogP contribution is -2.33. The van der Waals surface area contributed by atoms with Gasteiger partial charge in [-0.25, -0.2) is 0 Å². The molecule has 2 rings (SSSR count). The van der Waals surface area contributed by atoms with Crippen LogP contribution in [0, 0.1) is 5.92 Å². The number of methoxy groups -OCH3 is 1.